The van der Waals surface area contributed by atoms with Gasteiger partial charge in [0.15, 0.2) is 0 Å². The van der Waals surface area contributed by atoms with E-state index in [1.807, 2.05) is 6.92 Å². The number of benzene rings is 2. The van der Waals surface area contributed by atoms with Crippen molar-refractivity contribution in [1.82, 2.24) is 4.98 Å². The number of rotatable bonds is 6. The molecule has 0 saturated carbocycles. The zero-order valence-electron chi connectivity index (χ0n) is 15.4. The molecule has 0 spiro atoms. The van der Waals surface area contributed by atoms with E-state index in [2.05, 4.69) is 20.9 Å². The van der Waals surface area contributed by atoms with E-state index in [1.165, 1.54) is 60.9 Å². The van der Waals surface area contributed by atoms with Crippen LogP contribution in [0.15, 0.2) is 57.2 Å². The van der Waals surface area contributed by atoms with Crippen LogP contribution in [0.5, 0.6) is 0 Å². The van der Waals surface area contributed by atoms with Crippen molar-refractivity contribution in [2.45, 2.75) is 18.4 Å². The maximum absolute atomic E-state index is 13.4. The van der Waals surface area contributed by atoms with Gasteiger partial charge in [0.2, 0.25) is 0 Å². The Morgan fingerprint density at radius 3 is 2.52 bits per heavy atom. The van der Waals surface area contributed by atoms with Crippen molar-refractivity contribution in [3.05, 3.63) is 74.4 Å². The van der Waals surface area contributed by atoms with Gasteiger partial charge >= 0.3 is 5.97 Å². The normalized spacial score (nSPS) is 11.3. The SMILES string of the molecule is COC(=O)c1cc(S(=O)(=O)N(Cc2csc(C)n2)c2ccc(F)cc2)ccc1Br. The Morgan fingerprint density at radius 1 is 1.24 bits per heavy atom. The van der Waals surface area contributed by atoms with Crippen molar-refractivity contribution < 1.29 is 22.3 Å². The fraction of sp³-hybridized carbons (Fsp3) is 0.158. The molecule has 0 bridgehead atoms. The zero-order chi connectivity index (χ0) is 21.2. The highest BCUT2D eigenvalue weighted by atomic mass is 79.9. The molecule has 0 unspecified atom stereocenters. The van der Waals surface area contributed by atoms with E-state index >= 15 is 0 Å². The second kappa shape index (κ2) is 8.60. The van der Waals surface area contributed by atoms with E-state index in [-0.39, 0.29) is 22.7 Å². The number of ether oxygens (including phenoxy) is 1. The summed E-state index contributed by atoms with van der Waals surface area (Å²) in [6.45, 7) is 1.78. The maximum atomic E-state index is 13.4. The van der Waals surface area contributed by atoms with Crippen LogP contribution in [0.4, 0.5) is 10.1 Å². The molecule has 3 rings (SSSR count). The van der Waals surface area contributed by atoms with Gasteiger partial charge in [-0.05, 0) is 65.3 Å². The van der Waals surface area contributed by atoms with E-state index in [0.717, 1.165) is 9.31 Å². The van der Waals surface area contributed by atoms with Crippen LogP contribution in [0, 0.1) is 12.7 Å². The van der Waals surface area contributed by atoms with E-state index in [0.29, 0.717) is 10.2 Å². The van der Waals surface area contributed by atoms with Gasteiger partial charge in [-0.2, -0.15) is 0 Å². The number of anilines is 1. The predicted octanol–water partition coefficient (Wildman–Crippen LogP) is 4.54. The lowest BCUT2D eigenvalue weighted by Crippen LogP contribution is -2.31. The molecule has 10 heteroatoms. The summed E-state index contributed by atoms with van der Waals surface area (Å²) in [4.78, 5) is 16.2. The molecule has 29 heavy (non-hydrogen) atoms. The minimum absolute atomic E-state index is 0.0398. The number of carbonyl (C=O) groups excluding carboxylic acids is 1. The van der Waals surface area contributed by atoms with Crippen LogP contribution in [0.3, 0.4) is 0 Å². The second-order valence-electron chi connectivity index (χ2n) is 5.98. The van der Waals surface area contributed by atoms with Crippen LogP contribution in [-0.4, -0.2) is 26.5 Å². The number of esters is 1. The molecule has 0 aliphatic heterocycles. The summed E-state index contributed by atoms with van der Waals surface area (Å²) in [5.74, 6) is -1.15. The first-order valence-electron chi connectivity index (χ1n) is 8.29. The minimum Gasteiger partial charge on any atom is -0.465 e. The number of aromatic nitrogens is 1. The number of thiazole rings is 1. The standard InChI is InChI=1S/C19H16BrFN2O4S2/c1-12-22-14(11-28-12)10-23(15-5-3-13(21)4-6-15)29(25,26)16-7-8-18(20)17(9-16)19(24)27-2/h3-9,11H,10H2,1-2H3. The lowest BCUT2D eigenvalue weighted by Gasteiger charge is -2.24. The molecule has 0 N–H and O–H groups in total. The van der Waals surface area contributed by atoms with E-state index in [4.69, 9.17) is 4.74 Å². The largest absolute Gasteiger partial charge is 0.465 e. The third kappa shape index (κ3) is 4.65. The fourth-order valence-electron chi connectivity index (χ4n) is 2.61. The van der Waals surface area contributed by atoms with Crippen molar-refractivity contribution in [1.29, 1.82) is 0 Å². The van der Waals surface area contributed by atoms with E-state index in [9.17, 15) is 17.6 Å². The molecule has 0 aliphatic carbocycles. The first kappa shape index (κ1) is 21.4. The summed E-state index contributed by atoms with van der Waals surface area (Å²) in [5.41, 5.74) is 0.919. The molecule has 6 nitrogen and oxygen atoms in total. The lowest BCUT2D eigenvalue weighted by molar-refractivity contribution is 0.0599. The zero-order valence-corrected chi connectivity index (χ0v) is 18.6. The van der Waals surface area contributed by atoms with Crippen LogP contribution >= 0.6 is 27.3 Å². The van der Waals surface area contributed by atoms with Crippen LogP contribution in [-0.2, 0) is 21.3 Å². The first-order valence-corrected chi connectivity index (χ1v) is 11.4. The number of hydrogen-bond donors (Lipinski definition) is 0. The average molecular weight is 499 g/mol. The monoisotopic (exact) mass is 498 g/mol. The van der Waals surface area contributed by atoms with Gasteiger partial charge in [-0.1, -0.05) is 0 Å². The molecule has 152 valence electrons. The lowest BCUT2D eigenvalue weighted by atomic mass is 10.2. The number of nitrogens with zero attached hydrogens (tertiary/aromatic N) is 2. The summed E-state index contributed by atoms with van der Waals surface area (Å²) in [5, 5.41) is 2.57. The van der Waals surface area contributed by atoms with Gasteiger partial charge in [-0.15, -0.1) is 11.3 Å². The molecule has 0 amide bonds. The summed E-state index contributed by atoms with van der Waals surface area (Å²) < 4.78 is 46.5. The quantitative estimate of drug-likeness (QED) is 0.466. The minimum atomic E-state index is -4.09. The molecule has 0 atom stereocenters. The third-order valence-corrected chi connectivity index (χ3v) is 7.30. The fourth-order valence-corrected chi connectivity index (χ4v) is 5.08. The Labute approximate surface area is 180 Å². The molecule has 2 aromatic carbocycles. The highest BCUT2D eigenvalue weighted by Crippen LogP contribution is 2.29. The number of sulfonamides is 1. The van der Waals surface area contributed by atoms with E-state index in [1.54, 1.807) is 5.38 Å². The number of aryl methyl sites for hydroxylation is 1. The van der Waals surface area contributed by atoms with Crippen LogP contribution in [0.25, 0.3) is 0 Å². The summed E-state index contributed by atoms with van der Waals surface area (Å²) >= 11 is 4.63. The second-order valence-corrected chi connectivity index (χ2v) is 9.76. The Bertz CT molecular complexity index is 1150. The predicted molar refractivity (Wildman–Crippen MR) is 112 cm³/mol. The molecular weight excluding hydrogens is 483 g/mol. The van der Waals surface area contributed by atoms with Crippen LogP contribution in [0.1, 0.15) is 21.1 Å². The van der Waals surface area contributed by atoms with Gasteiger partial charge in [-0.3, -0.25) is 4.31 Å². The van der Waals surface area contributed by atoms with Crippen LogP contribution in [0.2, 0.25) is 0 Å². The van der Waals surface area contributed by atoms with Crippen molar-refractivity contribution in [3.8, 4) is 0 Å². The van der Waals surface area contributed by atoms with Crippen molar-refractivity contribution in [2.75, 3.05) is 11.4 Å². The maximum Gasteiger partial charge on any atom is 0.339 e. The summed E-state index contributed by atoms with van der Waals surface area (Å²) in [7, 11) is -2.88. The van der Waals surface area contributed by atoms with Gasteiger partial charge in [0, 0.05) is 9.85 Å². The number of halogens is 2. The molecule has 0 saturated heterocycles. The first-order chi connectivity index (χ1) is 13.7. The van der Waals surface area contributed by atoms with Crippen LogP contribution < -0.4 is 4.31 Å². The molecule has 1 heterocycles. The molecule has 0 radical (unpaired) electrons. The smallest absolute Gasteiger partial charge is 0.339 e. The molecular formula is C19H16BrFN2O4S2. The van der Waals surface area contributed by atoms with Gasteiger partial charge in [0.05, 0.1) is 40.5 Å². The van der Waals surface area contributed by atoms with Gasteiger partial charge < -0.3 is 4.74 Å². The number of carbonyl (C=O) groups is 1. The molecule has 1 aromatic heterocycles. The van der Waals surface area contributed by atoms with Crippen molar-refractivity contribution in [2.24, 2.45) is 0 Å². The van der Waals surface area contributed by atoms with Gasteiger partial charge in [0.25, 0.3) is 10.0 Å². The number of methoxy groups -OCH3 is 1. The number of hydrogen-bond acceptors (Lipinski definition) is 6. The molecule has 0 fully saturated rings. The average Bonchev–Trinajstić information content (AvgIpc) is 3.11. The molecule has 3 aromatic rings. The Morgan fingerprint density at radius 2 is 1.93 bits per heavy atom. The van der Waals surface area contributed by atoms with Crippen molar-refractivity contribution >= 4 is 48.9 Å². The summed E-state index contributed by atoms with van der Waals surface area (Å²) in [6.07, 6.45) is 0. The Kier molecular flexibility index (Phi) is 6.35. The Balaban J connectivity index is 2.10. The highest BCUT2D eigenvalue weighted by molar-refractivity contribution is 9.10. The van der Waals surface area contributed by atoms with E-state index < -0.39 is 21.8 Å². The highest BCUT2D eigenvalue weighted by Gasteiger charge is 2.28. The van der Waals surface area contributed by atoms with Gasteiger partial charge in [-0.25, -0.2) is 22.6 Å². The Hall–Kier alpha value is -2.30. The van der Waals surface area contributed by atoms with Gasteiger partial charge in [0.1, 0.15) is 5.82 Å². The third-order valence-electron chi connectivity index (χ3n) is 4.02. The molecule has 0 aliphatic rings. The topological polar surface area (TPSA) is 76.6 Å². The summed E-state index contributed by atoms with van der Waals surface area (Å²) in [6, 6.07) is 9.23. The van der Waals surface area contributed by atoms with Crippen molar-refractivity contribution in [3.63, 3.8) is 0 Å².